The highest BCUT2D eigenvalue weighted by Gasteiger charge is 2.23. The number of rotatable bonds is 4. The molecule has 1 fully saturated rings. The van der Waals surface area contributed by atoms with Crippen molar-refractivity contribution in [2.45, 2.75) is 39.1 Å². The highest BCUT2D eigenvalue weighted by Crippen LogP contribution is 2.14. The molecule has 0 aromatic carbocycles. The van der Waals surface area contributed by atoms with Crippen molar-refractivity contribution < 1.29 is 9.26 Å². The lowest BCUT2D eigenvalue weighted by molar-refractivity contribution is -0.0721. The predicted molar refractivity (Wildman–Crippen MR) is 64.6 cm³/mol. The van der Waals surface area contributed by atoms with E-state index in [-0.39, 0.29) is 0 Å². The van der Waals surface area contributed by atoms with Gasteiger partial charge in [0.25, 0.3) is 0 Å². The highest BCUT2D eigenvalue weighted by atomic mass is 16.5. The molecule has 1 aliphatic rings. The van der Waals surface area contributed by atoms with E-state index in [4.69, 9.17) is 9.26 Å². The van der Waals surface area contributed by atoms with Crippen molar-refractivity contribution in [1.82, 2.24) is 15.4 Å². The first kappa shape index (κ1) is 12.5. The molecule has 2 atom stereocenters. The number of aromatic nitrogens is 1. The Morgan fingerprint density at radius 2 is 2.12 bits per heavy atom. The van der Waals surface area contributed by atoms with Gasteiger partial charge in [0.1, 0.15) is 0 Å². The molecule has 0 radical (unpaired) electrons. The minimum atomic E-state index is 0.290. The number of ether oxygens (including phenoxy) is 1. The summed E-state index contributed by atoms with van der Waals surface area (Å²) in [6, 6.07) is 2.02. The molecule has 96 valence electrons. The van der Waals surface area contributed by atoms with Gasteiger partial charge in [0.2, 0.25) is 0 Å². The van der Waals surface area contributed by atoms with E-state index >= 15 is 0 Å². The summed E-state index contributed by atoms with van der Waals surface area (Å²) in [5.74, 6) is 0.927. The molecule has 0 amide bonds. The van der Waals surface area contributed by atoms with Gasteiger partial charge in [0.15, 0.2) is 5.76 Å². The monoisotopic (exact) mass is 239 g/mol. The molecule has 0 unspecified atom stereocenters. The van der Waals surface area contributed by atoms with Gasteiger partial charge in [0.05, 0.1) is 24.4 Å². The van der Waals surface area contributed by atoms with Gasteiger partial charge in [-0.2, -0.15) is 0 Å². The normalized spacial score (nSPS) is 26.3. The number of hydrogen-bond acceptors (Lipinski definition) is 5. The zero-order valence-electron chi connectivity index (χ0n) is 10.8. The molecule has 1 aromatic rings. The first-order valence-corrected chi connectivity index (χ1v) is 6.14. The molecule has 5 heteroatoms. The van der Waals surface area contributed by atoms with Crippen LogP contribution in [0.5, 0.6) is 0 Å². The first-order valence-electron chi connectivity index (χ1n) is 6.14. The van der Waals surface area contributed by atoms with E-state index in [2.05, 4.69) is 29.2 Å². The minimum absolute atomic E-state index is 0.290. The standard InChI is InChI=1S/C12H21N3O2/c1-9-6-15(7-10(2)16-9)8-12-4-11(5-13-3)14-17-12/h4,9-10,13H,5-8H2,1-3H3/t9-,10+. The van der Waals surface area contributed by atoms with Crippen LogP contribution in [0.2, 0.25) is 0 Å². The molecular formula is C12H21N3O2. The van der Waals surface area contributed by atoms with Crippen LogP contribution in [0.1, 0.15) is 25.3 Å². The average Bonchev–Trinajstić information content (AvgIpc) is 2.64. The Morgan fingerprint density at radius 3 is 2.76 bits per heavy atom. The lowest BCUT2D eigenvalue weighted by atomic mass is 10.2. The number of hydrogen-bond donors (Lipinski definition) is 1. The quantitative estimate of drug-likeness (QED) is 0.849. The maximum atomic E-state index is 5.70. The van der Waals surface area contributed by atoms with Crippen molar-refractivity contribution in [2.75, 3.05) is 20.1 Å². The van der Waals surface area contributed by atoms with Crippen LogP contribution in [0, 0.1) is 0 Å². The lowest BCUT2D eigenvalue weighted by Gasteiger charge is -2.34. The fraction of sp³-hybridized carbons (Fsp3) is 0.750. The second-order valence-electron chi connectivity index (χ2n) is 4.77. The van der Waals surface area contributed by atoms with E-state index in [9.17, 15) is 0 Å². The fourth-order valence-electron chi connectivity index (χ4n) is 2.33. The molecule has 2 heterocycles. The average molecular weight is 239 g/mol. The Hall–Kier alpha value is -0.910. The molecule has 2 rings (SSSR count). The van der Waals surface area contributed by atoms with Gasteiger partial charge in [-0.05, 0) is 20.9 Å². The molecular weight excluding hydrogens is 218 g/mol. The first-order chi connectivity index (χ1) is 8.17. The molecule has 0 aliphatic carbocycles. The van der Waals surface area contributed by atoms with Gasteiger partial charge in [-0.25, -0.2) is 0 Å². The van der Waals surface area contributed by atoms with Gasteiger partial charge >= 0.3 is 0 Å². The van der Waals surface area contributed by atoms with Crippen molar-refractivity contribution >= 4 is 0 Å². The molecule has 1 aromatic heterocycles. The molecule has 1 saturated heterocycles. The molecule has 1 aliphatic heterocycles. The summed E-state index contributed by atoms with van der Waals surface area (Å²) in [6.07, 6.45) is 0.580. The van der Waals surface area contributed by atoms with Gasteiger partial charge in [-0.1, -0.05) is 5.16 Å². The molecule has 5 nitrogen and oxygen atoms in total. The van der Waals surface area contributed by atoms with E-state index in [0.717, 1.165) is 37.6 Å². The van der Waals surface area contributed by atoms with Crippen LogP contribution in [-0.2, 0) is 17.8 Å². The zero-order chi connectivity index (χ0) is 12.3. The summed E-state index contributed by atoms with van der Waals surface area (Å²) in [4.78, 5) is 2.35. The molecule has 0 spiro atoms. The molecule has 0 bridgehead atoms. The Morgan fingerprint density at radius 1 is 1.41 bits per heavy atom. The summed E-state index contributed by atoms with van der Waals surface area (Å²) in [7, 11) is 1.90. The number of morpholine rings is 1. The van der Waals surface area contributed by atoms with Gasteiger partial charge in [0, 0.05) is 25.7 Å². The third-order valence-corrected chi connectivity index (χ3v) is 2.84. The van der Waals surface area contributed by atoms with E-state index < -0.39 is 0 Å². The topological polar surface area (TPSA) is 50.5 Å². The summed E-state index contributed by atoms with van der Waals surface area (Å²) in [6.45, 7) is 7.68. The summed E-state index contributed by atoms with van der Waals surface area (Å²) < 4.78 is 11.0. The Kier molecular flexibility index (Phi) is 4.15. The van der Waals surface area contributed by atoms with Gasteiger partial charge in [-0.15, -0.1) is 0 Å². The van der Waals surface area contributed by atoms with E-state index in [1.807, 2.05) is 13.1 Å². The summed E-state index contributed by atoms with van der Waals surface area (Å²) in [5, 5.41) is 7.07. The Bertz CT molecular complexity index is 343. The van der Waals surface area contributed by atoms with Crippen LogP contribution in [0.25, 0.3) is 0 Å². The summed E-state index contributed by atoms with van der Waals surface area (Å²) >= 11 is 0. The fourth-order valence-corrected chi connectivity index (χ4v) is 2.33. The third-order valence-electron chi connectivity index (χ3n) is 2.84. The second-order valence-corrected chi connectivity index (χ2v) is 4.77. The van der Waals surface area contributed by atoms with E-state index in [1.54, 1.807) is 0 Å². The Balaban J connectivity index is 1.90. The maximum absolute atomic E-state index is 5.70. The second kappa shape index (κ2) is 5.62. The van der Waals surface area contributed by atoms with Crippen LogP contribution in [0.15, 0.2) is 10.6 Å². The van der Waals surface area contributed by atoms with E-state index in [0.29, 0.717) is 12.2 Å². The van der Waals surface area contributed by atoms with Gasteiger partial charge in [-0.3, -0.25) is 4.90 Å². The van der Waals surface area contributed by atoms with E-state index in [1.165, 1.54) is 0 Å². The zero-order valence-corrected chi connectivity index (χ0v) is 10.8. The predicted octanol–water partition coefficient (Wildman–Crippen LogP) is 1.00. The van der Waals surface area contributed by atoms with Crippen molar-refractivity contribution in [1.29, 1.82) is 0 Å². The largest absolute Gasteiger partial charge is 0.373 e. The van der Waals surface area contributed by atoms with Crippen LogP contribution in [0.4, 0.5) is 0 Å². The smallest absolute Gasteiger partial charge is 0.151 e. The summed E-state index contributed by atoms with van der Waals surface area (Å²) in [5.41, 5.74) is 0.955. The third kappa shape index (κ3) is 3.52. The van der Waals surface area contributed by atoms with Crippen molar-refractivity contribution in [3.05, 3.63) is 17.5 Å². The highest BCUT2D eigenvalue weighted by molar-refractivity contribution is 5.05. The number of nitrogens with zero attached hydrogens (tertiary/aromatic N) is 2. The van der Waals surface area contributed by atoms with Crippen molar-refractivity contribution in [3.8, 4) is 0 Å². The van der Waals surface area contributed by atoms with Crippen LogP contribution >= 0.6 is 0 Å². The van der Waals surface area contributed by atoms with Crippen molar-refractivity contribution in [3.63, 3.8) is 0 Å². The van der Waals surface area contributed by atoms with Crippen molar-refractivity contribution in [2.24, 2.45) is 0 Å². The maximum Gasteiger partial charge on any atom is 0.151 e. The lowest BCUT2D eigenvalue weighted by Crippen LogP contribution is -2.44. The molecule has 0 saturated carbocycles. The minimum Gasteiger partial charge on any atom is -0.373 e. The van der Waals surface area contributed by atoms with Crippen LogP contribution in [-0.4, -0.2) is 42.4 Å². The number of nitrogens with one attached hydrogen (secondary N) is 1. The van der Waals surface area contributed by atoms with Crippen LogP contribution in [0.3, 0.4) is 0 Å². The Labute approximate surface area is 102 Å². The van der Waals surface area contributed by atoms with Gasteiger partial charge < -0.3 is 14.6 Å². The van der Waals surface area contributed by atoms with Crippen LogP contribution < -0.4 is 5.32 Å². The molecule has 1 N–H and O–H groups in total. The SMILES string of the molecule is CNCc1cc(CN2C[C@@H](C)O[C@@H](C)C2)on1. The molecule has 17 heavy (non-hydrogen) atoms.